The van der Waals surface area contributed by atoms with Crippen LogP contribution in [0.1, 0.15) is 27.7 Å². The molecule has 2 unspecified atom stereocenters. The van der Waals surface area contributed by atoms with Gasteiger partial charge in [0.15, 0.2) is 12.6 Å². The smallest absolute Gasteiger partial charge is 0.180 e. The molecule has 0 spiro atoms. The third kappa shape index (κ3) is 3.89. The second-order valence-electron chi connectivity index (χ2n) is 3.63. The monoisotopic (exact) mass is 186 g/mol. The molecule has 1 aliphatic rings. The van der Waals surface area contributed by atoms with E-state index in [4.69, 9.17) is 14.2 Å². The minimum Gasteiger partial charge on any atom is -0.346 e. The Bertz CT molecular complexity index is 157. The molecule has 1 rings (SSSR count). The molecule has 0 aliphatic carbocycles. The lowest BCUT2D eigenvalue weighted by atomic mass is 10.4. The molecule has 0 amide bonds. The van der Waals surface area contributed by atoms with Gasteiger partial charge in [-0.2, -0.15) is 0 Å². The highest BCUT2D eigenvalue weighted by Crippen LogP contribution is 2.16. The quantitative estimate of drug-likeness (QED) is 0.629. The summed E-state index contributed by atoms with van der Waals surface area (Å²) in [5, 5.41) is 0. The van der Waals surface area contributed by atoms with Crippen molar-refractivity contribution >= 4 is 0 Å². The lowest BCUT2D eigenvalue weighted by Crippen LogP contribution is -2.22. The van der Waals surface area contributed by atoms with Crippen LogP contribution in [0.15, 0.2) is 12.2 Å². The number of hydrogen-bond donors (Lipinski definition) is 0. The van der Waals surface area contributed by atoms with E-state index in [1.807, 2.05) is 39.8 Å². The molecule has 0 saturated heterocycles. The SMILES string of the molecule is CC(C)OC1C=CC(OC(C)C)O1. The van der Waals surface area contributed by atoms with Crippen LogP contribution in [0.4, 0.5) is 0 Å². The van der Waals surface area contributed by atoms with Crippen LogP contribution < -0.4 is 0 Å². The van der Waals surface area contributed by atoms with Crippen molar-refractivity contribution in [1.82, 2.24) is 0 Å². The van der Waals surface area contributed by atoms with Crippen molar-refractivity contribution in [2.75, 3.05) is 0 Å². The first-order valence-corrected chi connectivity index (χ1v) is 4.72. The molecule has 0 bridgehead atoms. The molecular weight excluding hydrogens is 168 g/mol. The van der Waals surface area contributed by atoms with Gasteiger partial charge in [-0.05, 0) is 39.8 Å². The zero-order chi connectivity index (χ0) is 9.84. The average molecular weight is 186 g/mol. The van der Waals surface area contributed by atoms with E-state index < -0.39 is 0 Å². The maximum atomic E-state index is 5.43. The molecule has 0 saturated carbocycles. The van der Waals surface area contributed by atoms with Gasteiger partial charge in [0.1, 0.15) is 0 Å². The minimum absolute atomic E-state index is 0.174. The van der Waals surface area contributed by atoms with Gasteiger partial charge in [-0.25, -0.2) is 0 Å². The Balaban J connectivity index is 2.25. The molecule has 3 heteroatoms. The largest absolute Gasteiger partial charge is 0.346 e. The first kappa shape index (κ1) is 10.7. The van der Waals surface area contributed by atoms with Gasteiger partial charge >= 0.3 is 0 Å². The summed E-state index contributed by atoms with van der Waals surface area (Å²) in [5.74, 6) is 0. The van der Waals surface area contributed by atoms with Crippen LogP contribution in [0.25, 0.3) is 0 Å². The van der Waals surface area contributed by atoms with Gasteiger partial charge in [-0.1, -0.05) is 0 Å². The molecule has 1 heterocycles. The van der Waals surface area contributed by atoms with E-state index in [1.54, 1.807) is 0 Å². The molecule has 3 nitrogen and oxygen atoms in total. The lowest BCUT2D eigenvalue weighted by Gasteiger charge is -2.18. The van der Waals surface area contributed by atoms with Gasteiger partial charge in [-0.3, -0.25) is 0 Å². The lowest BCUT2D eigenvalue weighted by molar-refractivity contribution is -0.213. The first-order valence-electron chi connectivity index (χ1n) is 4.72. The van der Waals surface area contributed by atoms with Crippen LogP contribution in [-0.2, 0) is 14.2 Å². The van der Waals surface area contributed by atoms with Crippen LogP contribution in [0, 0.1) is 0 Å². The van der Waals surface area contributed by atoms with E-state index in [-0.39, 0.29) is 24.8 Å². The van der Waals surface area contributed by atoms with Crippen molar-refractivity contribution in [2.24, 2.45) is 0 Å². The zero-order valence-electron chi connectivity index (χ0n) is 8.69. The first-order chi connectivity index (χ1) is 6.08. The van der Waals surface area contributed by atoms with Crippen molar-refractivity contribution in [3.63, 3.8) is 0 Å². The topological polar surface area (TPSA) is 27.7 Å². The maximum Gasteiger partial charge on any atom is 0.180 e. The highest BCUT2D eigenvalue weighted by atomic mass is 16.8. The fraction of sp³-hybridized carbons (Fsp3) is 0.800. The number of hydrogen-bond acceptors (Lipinski definition) is 3. The van der Waals surface area contributed by atoms with Gasteiger partial charge in [0.2, 0.25) is 0 Å². The Hall–Kier alpha value is -0.380. The van der Waals surface area contributed by atoms with Crippen molar-refractivity contribution in [3.05, 3.63) is 12.2 Å². The molecule has 2 atom stereocenters. The highest BCUT2D eigenvalue weighted by molar-refractivity contribution is 4.95. The Morgan fingerprint density at radius 1 is 0.923 bits per heavy atom. The second kappa shape index (κ2) is 4.74. The Labute approximate surface area is 79.7 Å². The molecule has 1 aliphatic heterocycles. The number of ether oxygens (including phenoxy) is 3. The van der Waals surface area contributed by atoms with Gasteiger partial charge in [0.25, 0.3) is 0 Å². The van der Waals surface area contributed by atoms with Crippen molar-refractivity contribution in [1.29, 1.82) is 0 Å². The normalized spacial score (nSPS) is 27.8. The highest BCUT2D eigenvalue weighted by Gasteiger charge is 2.21. The fourth-order valence-electron chi connectivity index (χ4n) is 1.10. The summed E-state index contributed by atoms with van der Waals surface area (Å²) in [5.41, 5.74) is 0. The summed E-state index contributed by atoms with van der Waals surface area (Å²) >= 11 is 0. The zero-order valence-corrected chi connectivity index (χ0v) is 8.69. The molecule has 0 radical (unpaired) electrons. The Morgan fingerprint density at radius 3 is 1.62 bits per heavy atom. The third-order valence-corrected chi connectivity index (χ3v) is 1.51. The van der Waals surface area contributed by atoms with Crippen molar-refractivity contribution in [3.8, 4) is 0 Å². The predicted molar refractivity (Wildman–Crippen MR) is 50.2 cm³/mol. The molecule has 0 N–H and O–H groups in total. The standard InChI is InChI=1S/C10H18O3/c1-7(2)11-9-5-6-10(13-9)12-8(3)4/h5-10H,1-4H3. The van der Waals surface area contributed by atoms with Crippen molar-refractivity contribution in [2.45, 2.75) is 52.5 Å². The van der Waals surface area contributed by atoms with Gasteiger partial charge in [0, 0.05) is 0 Å². The molecule has 0 aromatic rings. The van der Waals surface area contributed by atoms with E-state index in [1.165, 1.54) is 0 Å². The number of rotatable bonds is 4. The van der Waals surface area contributed by atoms with E-state index in [0.29, 0.717) is 0 Å². The summed E-state index contributed by atoms with van der Waals surface area (Å²) in [6, 6.07) is 0. The molecule has 13 heavy (non-hydrogen) atoms. The predicted octanol–water partition coefficient (Wildman–Crippen LogP) is 2.08. The third-order valence-electron chi connectivity index (χ3n) is 1.51. The van der Waals surface area contributed by atoms with Crippen molar-refractivity contribution < 1.29 is 14.2 Å². The van der Waals surface area contributed by atoms with Gasteiger partial charge in [-0.15, -0.1) is 0 Å². The molecule has 76 valence electrons. The summed E-state index contributed by atoms with van der Waals surface area (Å²) in [4.78, 5) is 0. The Morgan fingerprint density at radius 2 is 1.31 bits per heavy atom. The van der Waals surface area contributed by atoms with Crippen LogP contribution in [0.3, 0.4) is 0 Å². The van der Waals surface area contributed by atoms with E-state index in [9.17, 15) is 0 Å². The summed E-state index contributed by atoms with van der Waals surface area (Å²) in [7, 11) is 0. The van der Waals surface area contributed by atoms with Crippen LogP contribution in [0.5, 0.6) is 0 Å². The molecule has 0 aromatic heterocycles. The Kier molecular flexibility index (Phi) is 3.90. The average Bonchev–Trinajstić information content (AvgIpc) is 2.33. The minimum atomic E-state index is -0.247. The second-order valence-corrected chi connectivity index (χ2v) is 3.63. The summed E-state index contributed by atoms with van der Waals surface area (Å²) in [6.45, 7) is 7.92. The maximum absolute atomic E-state index is 5.43. The summed E-state index contributed by atoms with van der Waals surface area (Å²) in [6.07, 6.45) is 3.62. The van der Waals surface area contributed by atoms with Gasteiger partial charge in [0.05, 0.1) is 12.2 Å². The van der Waals surface area contributed by atoms with Gasteiger partial charge < -0.3 is 14.2 Å². The van der Waals surface area contributed by atoms with E-state index in [0.717, 1.165) is 0 Å². The molecule has 0 aromatic carbocycles. The summed E-state index contributed by atoms with van der Waals surface area (Å²) < 4.78 is 16.3. The van der Waals surface area contributed by atoms with E-state index >= 15 is 0 Å². The fourth-order valence-corrected chi connectivity index (χ4v) is 1.10. The van der Waals surface area contributed by atoms with Crippen LogP contribution >= 0.6 is 0 Å². The van der Waals surface area contributed by atoms with E-state index in [2.05, 4.69) is 0 Å². The van der Waals surface area contributed by atoms with Crippen LogP contribution in [0.2, 0.25) is 0 Å². The van der Waals surface area contributed by atoms with Crippen LogP contribution in [-0.4, -0.2) is 24.8 Å². The molecular formula is C10H18O3. The molecule has 0 fully saturated rings.